The quantitative estimate of drug-likeness (QED) is 0.832. The molecule has 2 aromatic carbocycles. The van der Waals surface area contributed by atoms with E-state index in [1.165, 1.54) is 55.4 Å². The molecule has 0 aliphatic rings. The SMILES string of the molecule is CN(Cc1cccc(F)c1)C(=O)c1ccc(S(=O)(=O)N(C)C)cc1. The average molecular weight is 350 g/mol. The molecule has 0 bridgehead atoms. The summed E-state index contributed by atoms with van der Waals surface area (Å²) in [6.07, 6.45) is 0. The number of carbonyl (C=O) groups excluding carboxylic acids is 1. The van der Waals surface area contributed by atoms with Gasteiger partial charge in [0.15, 0.2) is 0 Å². The minimum atomic E-state index is -3.53. The molecule has 0 fully saturated rings. The number of halogens is 1. The van der Waals surface area contributed by atoms with Crippen LogP contribution in [0.5, 0.6) is 0 Å². The molecule has 0 saturated carbocycles. The van der Waals surface area contributed by atoms with Crippen molar-refractivity contribution in [3.05, 3.63) is 65.5 Å². The number of sulfonamides is 1. The Hall–Kier alpha value is -2.25. The van der Waals surface area contributed by atoms with E-state index in [9.17, 15) is 17.6 Å². The van der Waals surface area contributed by atoms with Crippen molar-refractivity contribution in [2.75, 3.05) is 21.1 Å². The van der Waals surface area contributed by atoms with E-state index < -0.39 is 10.0 Å². The number of rotatable bonds is 5. The smallest absolute Gasteiger partial charge is 0.253 e. The van der Waals surface area contributed by atoms with Crippen LogP contribution < -0.4 is 0 Å². The zero-order chi connectivity index (χ0) is 17.9. The standard InChI is InChI=1S/C17H19FN2O3S/c1-19(2)24(22,23)16-9-7-14(8-10-16)17(21)20(3)12-13-5-4-6-15(18)11-13/h4-11H,12H2,1-3H3. The lowest BCUT2D eigenvalue weighted by Gasteiger charge is -2.18. The molecule has 0 radical (unpaired) electrons. The second-order valence-electron chi connectivity index (χ2n) is 5.60. The van der Waals surface area contributed by atoms with Crippen LogP contribution in [-0.2, 0) is 16.6 Å². The van der Waals surface area contributed by atoms with E-state index in [2.05, 4.69) is 0 Å². The highest BCUT2D eigenvalue weighted by molar-refractivity contribution is 7.89. The fraction of sp³-hybridized carbons (Fsp3) is 0.235. The molecule has 2 rings (SSSR count). The van der Waals surface area contributed by atoms with Gasteiger partial charge in [-0.3, -0.25) is 4.79 Å². The summed E-state index contributed by atoms with van der Waals surface area (Å²) >= 11 is 0. The molecule has 0 atom stereocenters. The Balaban J connectivity index is 2.15. The minimum absolute atomic E-state index is 0.122. The molecule has 0 unspecified atom stereocenters. The third-order valence-electron chi connectivity index (χ3n) is 3.54. The molecule has 0 aromatic heterocycles. The Morgan fingerprint density at radius 1 is 1.04 bits per heavy atom. The number of hydrogen-bond acceptors (Lipinski definition) is 3. The Bertz CT molecular complexity index is 833. The molecule has 7 heteroatoms. The van der Waals surface area contributed by atoms with E-state index in [4.69, 9.17) is 0 Å². The number of carbonyl (C=O) groups is 1. The van der Waals surface area contributed by atoms with Crippen molar-refractivity contribution in [3.63, 3.8) is 0 Å². The lowest BCUT2D eigenvalue weighted by molar-refractivity contribution is 0.0785. The van der Waals surface area contributed by atoms with Crippen molar-refractivity contribution < 1.29 is 17.6 Å². The Labute approximate surface area is 141 Å². The third-order valence-corrected chi connectivity index (χ3v) is 5.36. The summed E-state index contributed by atoms with van der Waals surface area (Å²) in [5.41, 5.74) is 1.05. The van der Waals surface area contributed by atoms with Crippen LogP contribution in [0, 0.1) is 5.82 Å². The molecule has 0 heterocycles. The molecule has 2 aromatic rings. The summed E-state index contributed by atoms with van der Waals surface area (Å²) in [4.78, 5) is 14.0. The maximum Gasteiger partial charge on any atom is 0.253 e. The number of amides is 1. The van der Waals surface area contributed by atoms with E-state index in [1.54, 1.807) is 19.2 Å². The number of hydrogen-bond donors (Lipinski definition) is 0. The topological polar surface area (TPSA) is 57.7 Å². The monoisotopic (exact) mass is 350 g/mol. The molecule has 0 aliphatic carbocycles. The third kappa shape index (κ3) is 3.98. The van der Waals surface area contributed by atoms with Gasteiger partial charge in [0.05, 0.1) is 4.90 Å². The zero-order valence-electron chi connectivity index (χ0n) is 13.7. The predicted octanol–water partition coefficient (Wildman–Crippen LogP) is 2.35. The van der Waals surface area contributed by atoms with E-state index in [-0.39, 0.29) is 23.2 Å². The van der Waals surface area contributed by atoms with Crippen LogP contribution in [0.3, 0.4) is 0 Å². The van der Waals surface area contributed by atoms with Gasteiger partial charge >= 0.3 is 0 Å². The van der Waals surface area contributed by atoms with Crippen molar-refractivity contribution in [1.29, 1.82) is 0 Å². The molecular weight excluding hydrogens is 331 g/mol. The zero-order valence-corrected chi connectivity index (χ0v) is 14.5. The number of nitrogens with zero attached hydrogens (tertiary/aromatic N) is 2. The van der Waals surface area contributed by atoms with E-state index >= 15 is 0 Å². The fourth-order valence-corrected chi connectivity index (χ4v) is 3.08. The van der Waals surface area contributed by atoms with Gasteiger partial charge < -0.3 is 4.90 Å². The van der Waals surface area contributed by atoms with Gasteiger partial charge in [-0.15, -0.1) is 0 Å². The van der Waals surface area contributed by atoms with Crippen LogP contribution in [0.1, 0.15) is 15.9 Å². The lowest BCUT2D eigenvalue weighted by Crippen LogP contribution is -2.26. The Morgan fingerprint density at radius 2 is 1.67 bits per heavy atom. The van der Waals surface area contributed by atoms with Crippen molar-refractivity contribution in [3.8, 4) is 0 Å². The Kier molecular flexibility index (Phi) is 5.36. The van der Waals surface area contributed by atoms with Gasteiger partial charge in [-0.05, 0) is 42.0 Å². The molecule has 24 heavy (non-hydrogen) atoms. The summed E-state index contributed by atoms with van der Waals surface area (Å²) in [7, 11) is 0.974. The molecule has 0 spiro atoms. The highest BCUT2D eigenvalue weighted by Crippen LogP contribution is 2.16. The van der Waals surface area contributed by atoms with Gasteiger partial charge in [0.2, 0.25) is 10.0 Å². The largest absolute Gasteiger partial charge is 0.337 e. The van der Waals surface area contributed by atoms with Crippen LogP contribution in [0.25, 0.3) is 0 Å². The summed E-state index contributed by atoms with van der Waals surface area (Å²) in [6.45, 7) is 0.258. The maximum atomic E-state index is 13.2. The van der Waals surface area contributed by atoms with E-state index in [1.807, 2.05) is 0 Å². The first kappa shape index (κ1) is 18.1. The normalized spacial score (nSPS) is 11.5. The van der Waals surface area contributed by atoms with Crippen LogP contribution in [0.2, 0.25) is 0 Å². The van der Waals surface area contributed by atoms with Crippen LogP contribution in [0.15, 0.2) is 53.4 Å². The first-order valence-electron chi connectivity index (χ1n) is 7.24. The molecule has 1 amide bonds. The number of benzene rings is 2. The predicted molar refractivity (Wildman–Crippen MR) is 89.5 cm³/mol. The van der Waals surface area contributed by atoms with Gasteiger partial charge in [0.25, 0.3) is 5.91 Å². The molecule has 0 N–H and O–H groups in total. The highest BCUT2D eigenvalue weighted by atomic mass is 32.2. The van der Waals surface area contributed by atoms with Gasteiger partial charge in [0.1, 0.15) is 5.82 Å². The summed E-state index contributed by atoms with van der Waals surface area (Å²) in [6, 6.07) is 11.8. The van der Waals surface area contributed by atoms with Gasteiger partial charge in [0, 0.05) is 33.3 Å². The van der Waals surface area contributed by atoms with E-state index in [0.717, 1.165) is 4.31 Å². The summed E-state index contributed by atoms with van der Waals surface area (Å²) in [5, 5.41) is 0. The maximum absolute atomic E-state index is 13.2. The van der Waals surface area contributed by atoms with Crippen molar-refractivity contribution in [2.45, 2.75) is 11.4 Å². The minimum Gasteiger partial charge on any atom is -0.337 e. The fourth-order valence-electron chi connectivity index (χ4n) is 2.18. The molecule has 0 aliphatic heterocycles. The first-order valence-corrected chi connectivity index (χ1v) is 8.68. The average Bonchev–Trinajstić information content (AvgIpc) is 2.54. The first-order chi connectivity index (χ1) is 11.2. The van der Waals surface area contributed by atoms with Crippen LogP contribution in [0.4, 0.5) is 4.39 Å². The second-order valence-corrected chi connectivity index (χ2v) is 7.75. The van der Waals surface area contributed by atoms with Gasteiger partial charge in [-0.25, -0.2) is 17.1 Å². The van der Waals surface area contributed by atoms with Crippen molar-refractivity contribution >= 4 is 15.9 Å². The van der Waals surface area contributed by atoms with Crippen LogP contribution in [-0.4, -0.2) is 44.7 Å². The molecule has 0 saturated heterocycles. The Morgan fingerprint density at radius 3 is 2.21 bits per heavy atom. The van der Waals surface area contributed by atoms with Crippen molar-refractivity contribution in [2.24, 2.45) is 0 Å². The summed E-state index contributed by atoms with van der Waals surface area (Å²) < 4.78 is 38.3. The van der Waals surface area contributed by atoms with Gasteiger partial charge in [-0.2, -0.15) is 0 Å². The summed E-state index contributed by atoms with van der Waals surface area (Å²) in [5.74, 6) is -0.625. The van der Waals surface area contributed by atoms with Crippen molar-refractivity contribution in [1.82, 2.24) is 9.21 Å². The second kappa shape index (κ2) is 7.11. The lowest BCUT2D eigenvalue weighted by atomic mass is 10.1. The van der Waals surface area contributed by atoms with Gasteiger partial charge in [-0.1, -0.05) is 12.1 Å². The molecule has 5 nitrogen and oxygen atoms in total. The van der Waals surface area contributed by atoms with Crippen LogP contribution >= 0.6 is 0 Å². The molecular formula is C17H19FN2O3S. The molecule has 128 valence electrons. The van der Waals surface area contributed by atoms with E-state index in [0.29, 0.717) is 11.1 Å². The highest BCUT2D eigenvalue weighted by Gasteiger charge is 2.18.